The third kappa shape index (κ3) is 2.52. The summed E-state index contributed by atoms with van der Waals surface area (Å²) < 4.78 is 0. The van der Waals surface area contributed by atoms with Crippen molar-refractivity contribution >= 4 is 11.6 Å². The van der Waals surface area contributed by atoms with E-state index < -0.39 is 0 Å². The lowest BCUT2D eigenvalue weighted by atomic mass is 10.1. The molecule has 3 nitrogen and oxygen atoms in total. The maximum atomic E-state index is 11.2. The van der Waals surface area contributed by atoms with E-state index in [2.05, 4.69) is 29.6 Å². The van der Waals surface area contributed by atoms with Crippen LogP contribution >= 0.6 is 0 Å². The molecule has 0 fully saturated rings. The number of primary amides is 1. The average Bonchev–Trinajstić information content (AvgIpc) is 2.84. The molecule has 1 atom stereocenters. The number of carbonyl (C=O) groups excluding carboxylic acids is 1. The maximum Gasteiger partial charge on any atom is 0.221 e. The van der Waals surface area contributed by atoms with Crippen molar-refractivity contribution in [1.29, 1.82) is 0 Å². The monoisotopic (exact) mass is 266 g/mol. The van der Waals surface area contributed by atoms with Crippen LogP contribution < -0.4 is 11.1 Å². The SMILES string of the molecule is NC(=O)Cc1ccccc1NC1CCc2ccccc21. The number of hydrogen-bond donors (Lipinski definition) is 2. The summed E-state index contributed by atoms with van der Waals surface area (Å²) in [6, 6.07) is 16.7. The summed E-state index contributed by atoms with van der Waals surface area (Å²) in [4.78, 5) is 11.2. The maximum absolute atomic E-state index is 11.2. The van der Waals surface area contributed by atoms with Gasteiger partial charge in [0.1, 0.15) is 0 Å². The first kappa shape index (κ1) is 12.7. The summed E-state index contributed by atoms with van der Waals surface area (Å²) in [5, 5.41) is 3.56. The van der Waals surface area contributed by atoms with E-state index >= 15 is 0 Å². The molecule has 0 bridgehead atoms. The zero-order chi connectivity index (χ0) is 13.9. The van der Waals surface area contributed by atoms with Crippen LogP contribution in [0.2, 0.25) is 0 Å². The van der Waals surface area contributed by atoms with Gasteiger partial charge < -0.3 is 11.1 Å². The zero-order valence-electron chi connectivity index (χ0n) is 11.3. The lowest BCUT2D eigenvalue weighted by molar-refractivity contribution is -0.117. The summed E-state index contributed by atoms with van der Waals surface area (Å²) in [5.74, 6) is -0.300. The highest BCUT2D eigenvalue weighted by Crippen LogP contribution is 2.34. The summed E-state index contributed by atoms with van der Waals surface area (Å²) in [5.41, 5.74) is 10.1. The Morgan fingerprint density at radius 1 is 1.15 bits per heavy atom. The molecular weight excluding hydrogens is 248 g/mol. The minimum Gasteiger partial charge on any atom is -0.378 e. The molecule has 102 valence electrons. The number of rotatable bonds is 4. The fraction of sp³-hybridized carbons (Fsp3) is 0.235. The van der Waals surface area contributed by atoms with Crippen LogP contribution in [-0.2, 0) is 17.6 Å². The van der Waals surface area contributed by atoms with Gasteiger partial charge in [-0.25, -0.2) is 0 Å². The van der Waals surface area contributed by atoms with Crippen LogP contribution in [0.1, 0.15) is 29.2 Å². The number of fused-ring (bicyclic) bond motifs is 1. The van der Waals surface area contributed by atoms with Gasteiger partial charge in [0, 0.05) is 5.69 Å². The number of nitrogens with two attached hydrogens (primary N) is 1. The molecule has 3 heteroatoms. The second-order valence-electron chi connectivity index (χ2n) is 5.23. The van der Waals surface area contributed by atoms with E-state index in [0.29, 0.717) is 6.04 Å². The van der Waals surface area contributed by atoms with Gasteiger partial charge in [0.2, 0.25) is 5.91 Å². The summed E-state index contributed by atoms with van der Waals surface area (Å²) in [6.45, 7) is 0. The predicted molar refractivity (Wildman–Crippen MR) is 80.5 cm³/mol. The lowest BCUT2D eigenvalue weighted by Crippen LogP contribution is -2.16. The Bertz CT molecular complexity index is 636. The second kappa shape index (κ2) is 5.37. The van der Waals surface area contributed by atoms with Gasteiger partial charge in [0.25, 0.3) is 0 Å². The van der Waals surface area contributed by atoms with Gasteiger partial charge in [-0.3, -0.25) is 4.79 Å². The van der Waals surface area contributed by atoms with E-state index in [1.54, 1.807) is 0 Å². The van der Waals surface area contributed by atoms with Gasteiger partial charge in [-0.05, 0) is 35.6 Å². The Hall–Kier alpha value is -2.29. The van der Waals surface area contributed by atoms with E-state index in [9.17, 15) is 4.79 Å². The third-order valence-electron chi connectivity index (χ3n) is 3.84. The van der Waals surface area contributed by atoms with Gasteiger partial charge in [-0.1, -0.05) is 42.5 Å². The molecule has 1 amide bonds. The molecule has 0 saturated heterocycles. The van der Waals surface area contributed by atoms with Gasteiger partial charge in [-0.15, -0.1) is 0 Å². The Labute approximate surface area is 118 Å². The highest BCUT2D eigenvalue weighted by Gasteiger charge is 2.22. The number of para-hydroxylation sites is 1. The fourth-order valence-electron chi connectivity index (χ4n) is 2.90. The fourth-order valence-corrected chi connectivity index (χ4v) is 2.90. The molecule has 0 radical (unpaired) electrons. The quantitative estimate of drug-likeness (QED) is 0.894. The predicted octanol–water partition coefficient (Wildman–Crippen LogP) is 2.81. The van der Waals surface area contributed by atoms with E-state index in [0.717, 1.165) is 24.1 Å². The molecule has 20 heavy (non-hydrogen) atoms. The Morgan fingerprint density at radius 3 is 2.75 bits per heavy atom. The van der Waals surface area contributed by atoms with Crippen LogP contribution in [0.4, 0.5) is 5.69 Å². The van der Waals surface area contributed by atoms with E-state index in [4.69, 9.17) is 5.73 Å². The number of hydrogen-bond acceptors (Lipinski definition) is 2. The normalized spacial score (nSPS) is 16.7. The number of nitrogens with one attached hydrogen (secondary N) is 1. The summed E-state index contributed by atoms with van der Waals surface area (Å²) in [7, 11) is 0. The largest absolute Gasteiger partial charge is 0.378 e. The molecule has 3 rings (SSSR count). The molecule has 3 N–H and O–H groups in total. The first-order valence-electron chi connectivity index (χ1n) is 6.94. The summed E-state index contributed by atoms with van der Waals surface area (Å²) >= 11 is 0. The third-order valence-corrected chi connectivity index (χ3v) is 3.84. The molecule has 1 aliphatic rings. The van der Waals surface area contributed by atoms with Crippen molar-refractivity contribution in [3.8, 4) is 0 Å². The van der Waals surface area contributed by atoms with Crippen LogP contribution in [0.25, 0.3) is 0 Å². The van der Waals surface area contributed by atoms with Crippen LogP contribution in [0.3, 0.4) is 0 Å². The molecule has 0 saturated carbocycles. The highest BCUT2D eigenvalue weighted by atomic mass is 16.1. The van der Waals surface area contributed by atoms with Crippen molar-refractivity contribution in [2.75, 3.05) is 5.32 Å². The number of benzene rings is 2. The standard InChI is InChI=1S/C17H18N2O/c18-17(20)11-13-6-2-4-8-15(13)19-16-10-9-12-5-1-3-7-14(12)16/h1-8,16,19H,9-11H2,(H2,18,20). The minimum atomic E-state index is -0.300. The first-order valence-corrected chi connectivity index (χ1v) is 6.94. The molecule has 0 spiro atoms. The number of amides is 1. The van der Waals surface area contributed by atoms with Crippen LogP contribution in [0.5, 0.6) is 0 Å². The van der Waals surface area contributed by atoms with E-state index in [1.165, 1.54) is 11.1 Å². The van der Waals surface area contributed by atoms with Crippen molar-refractivity contribution < 1.29 is 4.79 Å². The molecule has 0 aliphatic heterocycles. The van der Waals surface area contributed by atoms with E-state index in [-0.39, 0.29) is 12.3 Å². The number of carbonyl (C=O) groups is 1. The molecular formula is C17H18N2O. The van der Waals surface area contributed by atoms with Crippen molar-refractivity contribution in [2.45, 2.75) is 25.3 Å². The van der Waals surface area contributed by atoms with Crippen LogP contribution in [0, 0.1) is 0 Å². The zero-order valence-corrected chi connectivity index (χ0v) is 11.3. The van der Waals surface area contributed by atoms with Gasteiger partial charge in [0.15, 0.2) is 0 Å². The Balaban J connectivity index is 1.84. The first-order chi connectivity index (χ1) is 9.74. The molecule has 2 aromatic carbocycles. The molecule has 0 aromatic heterocycles. The average molecular weight is 266 g/mol. The van der Waals surface area contributed by atoms with Crippen LogP contribution in [-0.4, -0.2) is 5.91 Å². The molecule has 2 aromatic rings. The highest BCUT2D eigenvalue weighted by molar-refractivity contribution is 5.78. The molecule has 0 heterocycles. The molecule has 1 unspecified atom stereocenters. The van der Waals surface area contributed by atoms with Crippen molar-refractivity contribution in [3.63, 3.8) is 0 Å². The topological polar surface area (TPSA) is 55.1 Å². The Morgan fingerprint density at radius 2 is 1.90 bits per heavy atom. The van der Waals surface area contributed by atoms with Gasteiger partial charge in [-0.2, -0.15) is 0 Å². The number of anilines is 1. The number of aryl methyl sites for hydroxylation is 1. The smallest absolute Gasteiger partial charge is 0.221 e. The van der Waals surface area contributed by atoms with Crippen LogP contribution in [0.15, 0.2) is 48.5 Å². The second-order valence-corrected chi connectivity index (χ2v) is 5.23. The van der Waals surface area contributed by atoms with Crippen molar-refractivity contribution in [2.24, 2.45) is 5.73 Å². The van der Waals surface area contributed by atoms with Crippen molar-refractivity contribution in [1.82, 2.24) is 0 Å². The van der Waals surface area contributed by atoms with Crippen molar-refractivity contribution in [3.05, 3.63) is 65.2 Å². The van der Waals surface area contributed by atoms with Gasteiger partial charge in [0.05, 0.1) is 12.5 Å². The summed E-state index contributed by atoms with van der Waals surface area (Å²) in [6.07, 6.45) is 2.47. The minimum absolute atomic E-state index is 0.275. The molecule has 1 aliphatic carbocycles. The lowest BCUT2D eigenvalue weighted by Gasteiger charge is -2.18. The van der Waals surface area contributed by atoms with Gasteiger partial charge >= 0.3 is 0 Å². The van der Waals surface area contributed by atoms with E-state index in [1.807, 2.05) is 24.3 Å². The Kier molecular flexibility index (Phi) is 3.42.